The van der Waals surface area contributed by atoms with Crippen molar-refractivity contribution in [2.24, 2.45) is 5.92 Å². The number of sulfonamides is 1. The lowest BCUT2D eigenvalue weighted by Gasteiger charge is -2.17. The fourth-order valence-electron chi connectivity index (χ4n) is 1.94. The van der Waals surface area contributed by atoms with Gasteiger partial charge in [0.2, 0.25) is 10.0 Å². The molecule has 108 valence electrons. The quantitative estimate of drug-likeness (QED) is 0.829. The summed E-state index contributed by atoms with van der Waals surface area (Å²) in [6.07, 6.45) is 0.783. The van der Waals surface area contributed by atoms with Gasteiger partial charge in [0.25, 0.3) is 0 Å². The molecule has 0 aliphatic carbocycles. The molecule has 0 spiro atoms. The maximum Gasteiger partial charge on any atom is 0.241 e. The lowest BCUT2D eigenvalue weighted by atomic mass is 10.1. The first-order valence-corrected chi connectivity index (χ1v) is 8.45. The highest BCUT2D eigenvalue weighted by Crippen LogP contribution is 2.23. The summed E-state index contributed by atoms with van der Waals surface area (Å²) in [6, 6.07) is 4.60. The van der Waals surface area contributed by atoms with E-state index in [-0.39, 0.29) is 17.5 Å². The van der Waals surface area contributed by atoms with E-state index < -0.39 is 10.0 Å². The summed E-state index contributed by atoms with van der Waals surface area (Å²) < 4.78 is 27.6. The number of nitrogens with one attached hydrogen (secondary N) is 1. The molecule has 1 aromatic carbocycles. The van der Waals surface area contributed by atoms with Gasteiger partial charge in [-0.25, -0.2) is 13.1 Å². The van der Waals surface area contributed by atoms with E-state index in [1.165, 1.54) is 6.07 Å². The van der Waals surface area contributed by atoms with Crippen molar-refractivity contribution >= 4 is 26.0 Å². The SMILES string of the molecule is CC(C)CC(C)NS(=O)(=O)c1ccc(CO)cc1Br. The van der Waals surface area contributed by atoms with Gasteiger partial charge in [-0.15, -0.1) is 0 Å². The molecule has 2 N–H and O–H groups in total. The Morgan fingerprint density at radius 1 is 1.32 bits per heavy atom. The molecule has 0 amide bonds. The van der Waals surface area contributed by atoms with E-state index in [1.54, 1.807) is 12.1 Å². The van der Waals surface area contributed by atoms with E-state index in [2.05, 4.69) is 34.5 Å². The largest absolute Gasteiger partial charge is 0.392 e. The standard InChI is InChI=1S/C13H20BrNO3S/c1-9(2)6-10(3)15-19(17,18)13-5-4-11(8-16)7-12(13)14/h4-5,7,9-10,15-16H,6,8H2,1-3H3. The van der Waals surface area contributed by atoms with Crippen molar-refractivity contribution in [3.63, 3.8) is 0 Å². The molecule has 1 rings (SSSR count). The van der Waals surface area contributed by atoms with Crippen LogP contribution in [0, 0.1) is 5.92 Å². The number of rotatable bonds is 6. The third-order valence-corrected chi connectivity index (χ3v) is 5.22. The van der Waals surface area contributed by atoms with Gasteiger partial charge in [-0.3, -0.25) is 0 Å². The Morgan fingerprint density at radius 3 is 2.42 bits per heavy atom. The van der Waals surface area contributed by atoms with E-state index in [9.17, 15) is 8.42 Å². The molecule has 4 nitrogen and oxygen atoms in total. The molecule has 0 fully saturated rings. The summed E-state index contributed by atoms with van der Waals surface area (Å²) in [5, 5.41) is 9.01. The van der Waals surface area contributed by atoms with Crippen LogP contribution in [0.5, 0.6) is 0 Å². The first-order valence-electron chi connectivity index (χ1n) is 6.18. The highest BCUT2D eigenvalue weighted by Gasteiger charge is 2.20. The highest BCUT2D eigenvalue weighted by atomic mass is 79.9. The van der Waals surface area contributed by atoms with Crippen molar-refractivity contribution in [2.45, 2.75) is 44.7 Å². The van der Waals surface area contributed by atoms with E-state index in [1.807, 2.05) is 6.92 Å². The minimum atomic E-state index is -3.54. The Bertz CT molecular complexity index is 529. The zero-order valence-corrected chi connectivity index (χ0v) is 13.8. The normalized spacial score (nSPS) is 13.8. The first kappa shape index (κ1) is 16.6. The van der Waals surface area contributed by atoms with Crippen molar-refractivity contribution in [3.8, 4) is 0 Å². The van der Waals surface area contributed by atoms with Gasteiger partial charge in [-0.2, -0.15) is 0 Å². The lowest BCUT2D eigenvalue weighted by Crippen LogP contribution is -2.33. The van der Waals surface area contributed by atoms with Gasteiger partial charge in [0, 0.05) is 10.5 Å². The monoisotopic (exact) mass is 349 g/mol. The van der Waals surface area contributed by atoms with Crippen molar-refractivity contribution in [3.05, 3.63) is 28.2 Å². The average molecular weight is 350 g/mol. The second-order valence-corrected chi connectivity index (χ2v) is 7.61. The molecule has 0 aliphatic rings. The van der Waals surface area contributed by atoms with Crippen LogP contribution < -0.4 is 4.72 Å². The molecule has 0 radical (unpaired) electrons. The molecule has 1 unspecified atom stereocenters. The number of aliphatic hydroxyl groups is 1. The predicted molar refractivity (Wildman–Crippen MR) is 79.3 cm³/mol. The molecule has 1 atom stereocenters. The zero-order valence-electron chi connectivity index (χ0n) is 11.4. The molecule has 0 aromatic heterocycles. The van der Waals surface area contributed by atoms with Crippen LogP contribution in [0.3, 0.4) is 0 Å². The summed E-state index contributed by atoms with van der Waals surface area (Å²) in [7, 11) is -3.54. The molecule has 19 heavy (non-hydrogen) atoms. The number of halogens is 1. The Kier molecular flexibility index (Phi) is 5.98. The number of hydrogen-bond donors (Lipinski definition) is 2. The summed E-state index contributed by atoms with van der Waals surface area (Å²) in [6.45, 7) is 5.84. The molecule has 0 heterocycles. The van der Waals surface area contributed by atoms with E-state index >= 15 is 0 Å². The molecule has 0 aliphatic heterocycles. The smallest absolute Gasteiger partial charge is 0.241 e. The van der Waals surface area contributed by atoms with Gasteiger partial charge < -0.3 is 5.11 Å². The molecular weight excluding hydrogens is 330 g/mol. The topological polar surface area (TPSA) is 66.4 Å². The third kappa shape index (κ3) is 4.87. The summed E-state index contributed by atoms with van der Waals surface area (Å²) in [5.74, 6) is 0.429. The molecule has 0 bridgehead atoms. The first-order chi connectivity index (χ1) is 8.76. The van der Waals surface area contributed by atoms with Crippen LogP contribution in [0.15, 0.2) is 27.6 Å². The summed E-state index contributed by atoms with van der Waals surface area (Å²) >= 11 is 3.23. The van der Waals surface area contributed by atoms with Crippen molar-refractivity contribution in [2.75, 3.05) is 0 Å². The second kappa shape index (κ2) is 6.83. The molecule has 1 aromatic rings. The maximum atomic E-state index is 12.2. The van der Waals surface area contributed by atoms with Gasteiger partial charge in [0.15, 0.2) is 0 Å². The summed E-state index contributed by atoms with van der Waals surface area (Å²) in [4.78, 5) is 0.195. The number of hydrogen-bond acceptors (Lipinski definition) is 3. The Hall–Kier alpha value is -0.430. The van der Waals surface area contributed by atoms with Crippen LogP contribution >= 0.6 is 15.9 Å². The Balaban J connectivity index is 2.94. The average Bonchev–Trinajstić information content (AvgIpc) is 2.26. The fourth-order valence-corrected chi connectivity index (χ4v) is 4.33. The van der Waals surface area contributed by atoms with Gasteiger partial charge in [-0.05, 0) is 52.9 Å². The Labute approximate surface area is 123 Å². The molecule has 0 saturated heterocycles. The summed E-state index contributed by atoms with van der Waals surface area (Å²) in [5.41, 5.74) is 0.668. The van der Waals surface area contributed by atoms with Crippen molar-refractivity contribution in [1.82, 2.24) is 4.72 Å². The van der Waals surface area contributed by atoms with Gasteiger partial charge in [0.05, 0.1) is 11.5 Å². The van der Waals surface area contributed by atoms with Crippen LogP contribution in [-0.4, -0.2) is 19.6 Å². The molecule has 0 saturated carbocycles. The van der Waals surface area contributed by atoms with Gasteiger partial charge in [0.1, 0.15) is 0 Å². The van der Waals surface area contributed by atoms with Gasteiger partial charge in [-0.1, -0.05) is 19.9 Å². The Morgan fingerprint density at radius 2 is 1.95 bits per heavy atom. The van der Waals surface area contributed by atoms with Crippen LogP contribution in [0.1, 0.15) is 32.8 Å². The van der Waals surface area contributed by atoms with Crippen molar-refractivity contribution < 1.29 is 13.5 Å². The highest BCUT2D eigenvalue weighted by molar-refractivity contribution is 9.10. The fraction of sp³-hybridized carbons (Fsp3) is 0.538. The predicted octanol–water partition coefficient (Wildman–Crippen LogP) is 2.65. The van der Waals surface area contributed by atoms with Crippen LogP contribution in [0.2, 0.25) is 0 Å². The number of benzene rings is 1. The van der Waals surface area contributed by atoms with Crippen LogP contribution in [-0.2, 0) is 16.6 Å². The zero-order chi connectivity index (χ0) is 14.6. The second-order valence-electron chi connectivity index (χ2n) is 5.07. The third-order valence-electron chi connectivity index (χ3n) is 2.65. The minimum absolute atomic E-state index is 0.115. The number of aliphatic hydroxyl groups excluding tert-OH is 1. The maximum absolute atomic E-state index is 12.2. The van der Waals surface area contributed by atoms with Crippen molar-refractivity contribution in [1.29, 1.82) is 0 Å². The lowest BCUT2D eigenvalue weighted by molar-refractivity contribution is 0.281. The van der Waals surface area contributed by atoms with Crippen LogP contribution in [0.4, 0.5) is 0 Å². The van der Waals surface area contributed by atoms with Crippen LogP contribution in [0.25, 0.3) is 0 Å². The van der Waals surface area contributed by atoms with Gasteiger partial charge >= 0.3 is 0 Å². The van der Waals surface area contributed by atoms with E-state index in [4.69, 9.17) is 5.11 Å². The minimum Gasteiger partial charge on any atom is -0.392 e. The molecule has 6 heteroatoms. The van der Waals surface area contributed by atoms with E-state index in [0.717, 1.165) is 6.42 Å². The molecular formula is C13H20BrNO3S. The van der Waals surface area contributed by atoms with E-state index in [0.29, 0.717) is 16.0 Å².